The van der Waals surface area contributed by atoms with Crippen molar-refractivity contribution in [1.29, 1.82) is 0 Å². The van der Waals surface area contributed by atoms with E-state index in [4.69, 9.17) is 9.47 Å². The molecule has 0 spiro atoms. The second-order valence-electron chi connectivity index (χ2n) is 8.36. The third kappa shape index (κ3) is 5.58. The lowest BCUT2D eigenvalue weighted by molar-refractivity contribution is -0.126. The van der Waals surface area contributed by atoms with Crippen molar-refractivity contribution in [3.05, 3.63) is 23.8 Å². The Morgan fingerprint density at radius 1 is 1.17 bits per heavy atom. The van der Waals surface area contributed by atoms with Gasteiger partial charge in [-0.2, -0.15) is 0 Å². The van der Waals surface area contributed by atoms with Gasteiger partial charge in [0.2, 0.25) is 5.91 Å². The highest BCUT2D eigenvalue weighted by atomic mass is 16.6. The number of nitrogens with one attached hydrogen (secondary N) is 1. The number of likely N-dealkylation sites (tertiary alicyclic amines) is 1. The van der Waals surface area contributed by atoms with Gasteiger partial charge in [0, 0.05) is 25.6 Å². The molecule has 166 valence electrons. The Labute approximate surface area is 178 Å². The normalized spacial score (nSPS) is 22.4. The van der Waals surface area contributed by atoms with Gasteiger partial charge in [-0.25, -0.2) is 4.79 Å². The molecule has 0 radical (unpaired) electrons. The third-order valence-electron chi connectivity index (χ3n) is 6.45. The van der Waals surface area contributed by atoms with E-state index in [1.54, 1.807) is 23.1 Å². The Morgan fingerprint density at radius 2 is 1.90 bits per heavy atom. The monoisotopic (exact) mass is 418 g/mol. The zero-order valence-corrected chi connectivity index (χ0v) is 18.1. The Balaban J connectivity index is 1.43. The molecule has 2 aliphatic rings. The van der Waals surface area contributed by atoms with Crippen LogP contribution in [-0.4, -0.2) is 48.3 Å². The van der Waals surface area contributed by atoms with Crippen LogP contribution in [0.1, 0.15) is 57.4 Å². The van der Waals surface area contributed by atoms with E-state index in [1.165, 1.54) is 13.5 Å². The van der Waals surface area contributed by atoms with Crippen molar-refractivity contribution in [1.82, 2.24) is 10.2 Å². The van der Waals surface area contributed by atoms with E-state index in [2.05, 4.69) is 12.2 Å². The van der Waals surface area contributed by atoms with Crippen molar-refractivity contribution in [2.24, 2.45) is 11.8 Å². The molecule has 0 unspecified atom stereocenters. The second-order valence-corrected chi connectivity index (χ2v) is 8.36. The number of hydrogen-bond acceptors (Lipinski definition) is 5. The number of methoxy groups -OCH3 is 1. The van der Waals surface area contributed by atoms with Crippen molar-refractivity contribution in [2.45, 2.75) is 64.5 Å². The first-order chi connectivity index (χ1) is 14.5. The van der Waals surface area contributed by atoms with Crippen molar-refractivity contribution in [2.75, 3.05) is 20.2 Å². The van der Waals surface area contributed by atoms with Crippen LogP contribution in [0.5, 0.6) is 11.5 Å². The summed E-state index contributed by atoms with van der Waals surface area (Å²) in [5.41, 5.74) is 0.858. The number of piperidine rings is 1. The minimum Gasteiger partial charge on any atom is -0.504 e. The van der Waals surface area contributed by atoms with E-state index in [1.807, 2.05) is 0 Å². The molecule has 1 saturated carbocycles. The van der Waals surface area contributed by atoms with Crippen LogP contribution in [0.3, 0.4) is 0 Å². The summed E-state index contributed by atoms with van der Waals surface area (Å²) < 4.78 is 10.9. The first kappa shape index (κ1) is 22.2. The molecule has 0 aromatic heterocycles. The van der Waals surface area contributed by atoms with Crippen molar-refractivity contribution in [3.8, 4) is 11.5 Å². The number of carbonyl (C=O) groups excluding carboxylic acids is 2. The average Bonchev–Trinajstić information content (AvgIpc) is 2.78. The maximum absolute atomic E-state index is 12.6. The fourth-order valence-corrected chi connectivity index (χ4v) is 4.49. The molecule has 1 aliphatic carbocycles. The molecule has 7 heteroatoms. The molecule has 3 rings (SSSR count). The number of amides is 2. The van der Waals surface area contributed by atoms with Crippen LogP contribution >= 0.6 is 0 Å². The maximum atomic E-state index is 12.6. The molecule has 2 amide bonds. The lowest BCUT2D eigenvalue weighted by atomic mass is 9.85. The summed E-state index contributed by atoms with van der Waals surface area (Å²) in [4.78, 5) is 26.9. The predicted molar refractivity (Wildman–Crippen MR) is 113 cm³/mol. The molecule has 1 aromatic carbocycles. The van der Waals surface area contributed by atoms with E-state index in [9.17, 15) is 14.7 Å². The van der Waals surface area contributed by atoms with Gasteiger partial charge >= 0.3 is 6.09 Å². The standard InChI is InChI=1S/C23H34N2O5/c1-3-17-6-4-5-7-20(17)30-23(28)25-12-10-18(11-13-25)22(27)24-15-16-8-9-19(26)21(14-16)29-2/h8-9,14,17-18,20,26H,3-7,10-13,15H2,1-2H3,(H,24,27)/t17-,20-/m0/s1. The van der Waals surface area contributed by atoms with Crippen molar-refractivity contribution < 1.29 is 24.2 Å². The number of carbonyl (C=O) groups is 2. The summed E-state index contributed by atoms with van der Waals surface area (Å²) in [5.74, 6) is 0.825. The summed E-state index contributed by atoms with van der Waals surface area (Å²) in [5, 5.41) is 12.6. The highest BCUT2D eigenvalue weighted by molar-refractivity contribution is 5.79. The van der Waals surface area contributed by atoms with Crippen LogP contribution < -0.4 is 10.1 Å². The van der Waals surface area contributed by atoms with Crippen LogP contribution in [0, 0.1) is 11.8 Å². The molecule has 2 atom stereocenters. The summed E-state index contributed by atoms with van der Waals surface area (Å²) in [6.07, 6.45) is 6.61. The molecule has 0 bridgehead atoms. The molecule has 2 N–H and O–H groups in total. The zero-order valence-electron chi connectivity index (χ0n) is 18.1. The van der Waals surface area contributed by atoms with E-state index in [0.717, 1.165) is 31.2 Å². The van der Waals surface area contributed by atoms with Gasteiger partial charge in [0.15, 0.2) is 11.5 Å². The van der Waals surface area contributed by atoms with Crippen LogP contribution in [-0.2, 0) is 16.1 Å². The number of nitrogens with zero attached hydrogens (tertiary/aromatic N) is 1. The highest BCUT2D eigenvalue weighted by Crippen LogP contribution is 2.30. The average molecular weight is 419 g/mol. The number of benzene rings is 1. The van der Waals surface area contributed by atoms with Gasteiger partial charge in [0.1, 0.15) is 6.10 Å². The van der Waals surface area contributed by atoms with Gasteiger partial charge in [-0.15, -0.1) is 0 Å². The fourth-order valence-electron chi connectivity index (χ4n) is 4.49. The van der Waals surface area contributed by atoms with Gasteiger partial charge in [0.05, 0.1) is 7.11 Å². The van der Waals surface area contributed by atoms with Crippen molar-refractivity contribution >= 4 is 12.0 Å². The molecular formula is C23H34N2O5. The molecule has 30 heavy (non-hydrogen) atoms. The fraction of sp³-hybridized carbons (Fsp3) is 0.652. The topological polar surface area (TPSA) is 88.1 Å². The zero-order chi connectivity index (χ0) is 21.5. The Bertz CT molecular complexity index is 730. The molecule has 7 nitrogen and oxygen atoms in total. The van der Waals surface area contributed by atoms with Crippen LogP contribution in [0.25, 0.3) is 0 Å². The number of phenolic OH excluding ortho intramolecular Hbond substituents is 1. The summed E-state index contributed by atoms with van der Waals surface area (Å²) in [6, 6.07) is 5.02. The largest absolute Gasteiger partial charge is 0.504 e. The van der Waals surface area contributed by atoms with Gasteiger partial charge in [-0.05, 0) is 62.1 Å². The predicted octanol–water partition coefficient (Wildman–Crippen LogP) is 3.83. The van der Waals surface area contributed by atoms with E-state index in [0.29, 0.717) is 44.1 Å². The SMILES string of the molecule is CC[C@H]1CCCC[C@@H]1OC(=O)N1CCC(C(=O)NCc2ccc(O)c(OC)c2)CC1. The van der Waals surface area contributed by atoms with E-state index < -0.39 is 0 Å². The Hall–Kier alpha value is -2.44. The smallest absolute Gasteiger partial charge is 0.410 e. The highest BCUT2D eigenvalue weighted by Gasteiger charge is 2.32. The number of ether oxygens (including phenoxy) is 2. The molecule has 1 aliphatic heterocycles. The third-order valence-corrected chi connectivity index (χ3v) is 6.45. The maximum Gasteiger partial charge on any atom is 0.410 e. The van der Waals surface area contributed by atoms with Gasteiger partial charge in [-0.3, -0.25) is 4.79 Å². The minimum atomic E-state index is -0.226. The van der Waals surface area contributed by atoms with Gasteiger partial charge in [-0.1, -0.05) is 19.4 Å². The Morgan fingerprint density at radius 3 is 2.60 bits per heavy atom. The van der Waals surface area contributed by atoms with Crippen LogP contribution in [0.15, 0.2) is 18.2 Å². The van der Waals surface area contributed by atoms with Gasteiger partial charge in [0.25, 0.3) is 0 Å². The molecule has 1 heterocycles. The molecule has 2 fully saturated rings. The van der Waals surface area contributed by atoms with Crippen LogP contribution in [0.2, 0.25) is 0 Å². The number of phenols is 1. The number of aromatic hydroxyl groups is 1. The van der Waals surface area contributed by atoms with E-state index in [-0.39, 0.29) is 29.8 Å². The summed E-state index contributed by atoms with van der Waals surface area (Å²) in [6.45, 7) is 3.63. The first-order valence-corrected chi connectivity index (χ1v) is 11.1. The molecule has 1 saturated heterocycles. The summed E-state index contributed by atoms with van der Waals surface area (Å²) in [7, 11) is 1.49. The second kappa shape index (κ2) is 10.5. The lowest BCUT2D eigenvalue weighted by Gasteiger charge is -2.35. The summed E-state index contributed by atoms with van der Waals surface area (Å²) >= 11 is 0. The van der Waals surface area contributed by atoms with Crippen LogP contribution in [0.4, 0.5) is 4.79 Å². The quantitative estimate of drug-likeness (QED) is 0.733. The molecule has 1 aromatic rings. The van der Waals surface area contributed by atoms with Crippen molar-refractivity contribution in [3.63, 3.8) is 0 Å². The Kier molecular flexibility index (Phi) is 7.82. The first-order valence-electron chi connectivity index (χ1n) is 11.1. The number of rotatable bonds is 6. The lowest BCUT2D eigenvalue weighted by Crippen LogP contribution is -2.44. The molecular weight excluding hydrogens is 384 g/mol. The number of hydrogen-bond donors (Lipinski definition) is 2. The van der Waals surface area contributed by atoms with Gasteiger partial charge < -0.3 is 24.8 Å². The minimum absolute atomic E-state index is 0.00612. The van der Waals surface area contributed by atoms with E-state index >= 15 is 0 Å².